The van der Waals surface area contributed by atoms with Gasteiger partial charge in [-0.3, -0.25) is 0 Å². The number of benzene rings is 3. The largest absolute Gasteiger partial charge is 0.452 e. The van der Waals surface area contributed by atoms with E-state index in [4.69, 9.17) is 33.2 Å². The Morgan fingerprint density at radius 3 is 1.36 bits per heavy atom. The van der Waals surface area contributed by atoms with Gasteiger partial charge in [0.05, 0.1) is 16.7 Å². The fraction of sp³-hybridized carbons (Fsp3) is 0.344. The Kier molecular flexibility index (Phi) is 8.98. The highest BCUT2D eigenvalue weighted by atomic mass is 16.8. The molecular formula is C32H32O10. The summed E-state index contributed by atoms with van der Waals surface area (Å²) in [5.41, 5.74) is 0.787. The van der Waals surface area contributed by atoms with Crippen molar-refractivity contribution in [3.8, 4) is 0 Å². The second-order valence-corrected chi connectivity index (χ2v) is 10.3. The van der Waals surface area contributed by atoms with Crippen molar-refractivity contribution in [2.75, 3.05) is 13.9 Å². The highest BCUT2D eigenvalue weighted by Gasteiger charge is 2.63. The van der Waals surface area contributed by atoms with Crippen molar-refractivity contribution >= 4 is 17.9 Å². The van der Waals surface area contributed by atoms with Crippen molar-refractivity contribution in [2.45, 2.75) is 56.3 Å². The quantitative estimate of drug-likeness (QED) is 0.209. The molecular weight excluding hydrogens is 544 g/mol. The molecule has 0 amide bonds. The molecule has 0 spiro atoms. The molecule has 1 aliphatic heterocycles. The summed E-state index contributed by atoms with van der Waals surface area (Å²) in [4.78, 5) is 40.1. The van der Waals surface area contributed by atoms with Gasteiger partial charge < -0.3 is 33.2 Å². The number of fused-ring (bicyclic) bond motifs is 1. The summed E-state index contributed by atoms with van der Waals surface area (Å²) in [6.07, 6.45) is -6.73. The maximum absolute atomic E-state index is 13.4. The molecule has 220 valence electrons. The van der Waals surface area contributed by atoms with Gasteiger partial charge in [0.15, 0.2) is 24.1 Å². The van der Waals surface area contributed by atoms with Crippen molar-refractivity contribution in [1.82, 2.24) is 0 Å². The molecule has 0 aromatic heterocycles. The number of rotatable bonds is 9. The average molecular weight is 577 g/mol. The van der Waals surface area contributed by atoms with Crippen LogP contribution < -0.4 is 0 Å². The van der Waals surface area contributed by atoms with Gasteiger partial charge >= 0.3 is 17.9 Å². The summed E-state index contributed by atoms with van der Waals surface area (Å²) in [6.45, 7) is 3.21. The average Bonchev–Trinajstić information content (AvgIpc) is 3.34. The van der Waals surface area contributed by atoms with Crippen LogP contribution in [0.3, 0.4) is 0 Å². The standard InChI is InChI=1S/C32H32O10/c1-32(2)41-27-23(37-19-36-3)24(38-29(33)20-13-7-4-8-14-20)25(39-30(34)21-15-9-5-10-16-21)26(28(27)42-32)40-31(35)22-17-11-6-12-18-22/h4-18,23-28H,19H2,1-3H3/t23-,24-,25-,26+,27+,28-/m0/s1. The van der Waals surface area contributed by atoms with Crippen LogP contribution in [0.2, 0.25) is 0 Å². The van der Waals surface area contributed by atoms with E-state index in [1.165, 1.54) is 7.11 Å². The smallest absolute Gasteiger partial charge is 0.338 e. The first-order valence-corrected chi connectivity index (χ1v) is 13.5. The Morgan fingerprint density at radius 2 is 0.952 bits per heavy atom. The van der Waals surface area contributed by atoms with Gasteiger partial charge in [-0.1, -0.05) is 54.6 Å². The summed E-state index contributed by atoms with van der Waals surface area (Å²) >= 11 is 0. The molecule has 1 aliphatic carbocycles. The predicted molar refractivity (Wildman–Crippen MR) is 148 cm³/mol. The molecule has 1 saturated heterocycles. The molecule has 0 N–H and O–H groups in total. The minimum Gasteiger partial charge on any atom is -0.452 e. The van der Waals surface area contributed by atoms with Gasteiger partial charge in [0, 0.05) is 7.11 Å². The molecule has 2 aliphatic rings. The zero-order chi connectivity index (χ0) is 29.7. The normalized spacial score (nSPS) is 26.1. The predicted octanol–water partition coefficient (Wildman–Crippen LogP) is 4.19. The van der Waals surface area contributed by atoms with Crippen LogP contribution in [-0.2, 0) is 33.2 Å². The van der Waals surface area contributed by atoms with Crippen LogP contribution in [0.4, 0.5) is 0 Å². The van der Waals surface area contributed by atoms with Crippen LogP contribution in [-0.4, -0.2) is 74.2 Å². The van der Waals surface area contributed by atoms with E-state index in [0.29, 0.717) is 0 Å². The van der Waals surface area contributed by atoms with Crippen molar-refractivity contribution in [1.29, 1.82) is 0 Å². The Morgan fingerprint density at radius 1 is 0.595 bits per heavy atom. The van der Waals surface area contributed by atoms with Gasteiger partial charge in [-0.05, 0) is 50.2 Å². The molecule has 10 heteroatoms. The maximum Gasteiger partial charge on any atom is 0.338 e. The van der Waals surface area contributed by atoms with E-state index >= 15 is 0 Å². The molecule has 2 fully saturated rings. The Hall–Kier alpha value is -4.09. The van der Waals surface area contributed by atoms with Crippen molar-refractivity contribution in [3.63, 3.8) is 0 Å². The number of ether oxygens (including phenoxy) is 7. The number of methoxy groups -OCH3 is 1. The number of carbonyl (C=O) groups is 3. The molecule has 1 heterocycles. The third-order valence-corrected chi connectivity index (χ3v) is 6.92. The van der Waals surface area contributed by atoms with Crippen LogP contribution in [0.25, 0.3) is 0 Å². The molecule has 3 aromatic carbocycles. The zero-order valence-electron chi connectivity index (χ0n) is 23.4. The molecule has 42 heavy (non-hydrogen) atoms. The van der Waals surface area contributed by atoms with Crippen LogP contribution in [0.1, 0.15) is 44.9 Å². The van der Waals surface area contributed by atoms with E-state index in [-0.39, 0.29) is 23.5 Å². The Balaban J connectivity index is 1.57. The lowest BCUT2D eigenvalue weighted by molar-refractivity contribution is -0.226. The van der Waals surface area contributed by atoms with Gasteiger partial charge in [0.2, 0.25) is 0 Å². The third-order valence-electron chi connectivity index (χ3n) is 6.92. The van der Waals surface area contributed by atoms with Gasteiger partial charge in [0.25, 0.3) is 0 Å². The summed E-state index contributed by atoms with van der Waals surface area (Å²) in [6, 6.07) is 25.0. The lowest BCUT2D eigenvalue weighted by Crippen LogP contribution is -2.66. The Labute approximate surface area is 243 Å². The maximum atomic E-state index is 13.4. The van der Waals surface area contributed by atoms with Crippen molar-refractivity contribution in [3.05, 3.63) is 108 Å². The van der Waals surface area contributed by atoms with E-state index in [2.05, 4.69) is 0 Å². The second kappa shape index (κ2) is 12.8. The van der Waals surface area contributed by atoms with Gasteiger partial charge in [-0.2, -0.15) is 0 Å². The van der Waals surface area contributed by atoms with E-state index in [9.17, 15) is 14.4 Å². The first-order valence-electron chi connectivity index (χ1n) is 13.5. The lowest BCUT2D eigenvalue weighted by Gasteiger charge is -2.45. The molecule has 1 saturated carbocycles. The van der Waals surface area contributed by atoms with Crippen molar-refractivity contribution in [2.24, 2.45) is 0 Å². The van der Waals surface area contributed by atoms with Crippen LogP contribution in [0.5, 0.6) is 0 Å². The first kappa shape index (κ1) is 29.4. The van der Waals surface area contributed by atoms with Gasteiger partial charge in [-0.15, -0.1) is 0 Å². The molecule has 0 unspecified atom stereocenters. The van der Waals surface area contributed by atoms with E-state index in [1.54, 1.807) is 105 Å². The highest BCUT2D eigenvalue weighted by molar-refractivity contribution is 5.91. The van der Waals surface area contributed by atoms with Crippen LogP contribution in [0, 0.1) is 0 Å². The molecule has 5 rings (SSSR count). The topological polar surface area (TPSA) is 116 Å². The zero-order valence-corrected chi connectivity index (χ0v) is 23.4. The third kappa shape index (κ3) is 6.52. The number of hydrogen-bond donors (Lipinski definition) is 0. The molecule has 6 atom stereocenters. The first-order chi connectivity index (χ1) is 20.3. The van der Waals surface area contributed by atoms with Crippen LogP contribution >= 0.6 is 0 Å². The molecule has 0 radical (unpaired) electrons. The van der Waals surface area contributed by atoms with E-state index < -0.39 is 60.3 Å². The molecule has 3 aromatic rings. The van der Waals surface area contributed by atoms with Gasteiger partial charge in [0.1, 0.15) is 25.1 Å². The van der Waals surface area contributed by atoms with Crippen molar-refractivity contribution < 1.29 is 47.5 Å². The van der Waals surface area contributed by atoms with E-state index in [1.807, 2.05) is 0 Å². The summed E-state index contributed by atoms with van der Waals surface area (Å²) in [5, 5.41) is 0. The van der Waals surface area contributed by atoms with E-state index in [0.717, 1.165) is 0 Å². The lowest BCUT2D eigenvalue weighted by atomic mass is 9.84. The second-order valence-electron chi connectivity index (χ2n) is 10.3. The molecule has 10 nitrogen and oxygen atoms in total. The highest BCUT2D eigenvalue weighted by Crippen LogP contribution is 2.42. The monoisotopic (exact) mass is 576 g/mol. The fourth-order valence-corrected chi connectivity index (χ4v) is 5.11. The fourth-order valence-electron chi connectivity index (χ4n) is 5.11. The summed E-state index contributed by atoms with van der Waals surface area (Å²) in [5.74, 6) is -3.23. The summed E-state index contributed by atoms with van der Waals surface area (Å²) < 4.78 is 41.6. The molecule has 0 bridgehead atoms. The summed E-state index contributed by atoms with van der Waals surface area (Å²) in [7, 11) is 1.44. The Bertz CT molecular complexity index is 1360. The number of esters is 3. The number of hydrogen-bond acceptors (Lipinski definition) is 10. The SMILES string of the molecule is COCO[C@H]1[C@H](OC(=O)c2ccccc2)[C@H](OC(=O)c2ccccc2)[C@@H](OC(=O)c2ccccc2)[C@@H]2OC(C)(C)O[C@H]12. The van der Waals surface area contributed by atoms with Crippen LogP contribution in [0.15, 0.2) is 91.0 Å². The minimum atomic E-state index is -1.35. The number of carbonyl (C=O) groups excluding carboxylic acids is 3. The van der Waals surface area contributed by atoms with Gasteiger partial charge in [-0.25, -0.2) is 14.4 Å². The minimum absolute atomic E-state index is 0.190.